The molecule has 9 heavy (non-hydrogen) atoms. The third-order valence-electron chi connectivity index (χ3n) is 1.84. The molecule has 1 unspecified atom stereocenters. The van der Waals surface area contributed by atoms with E-state index in [0.717, 1.165) is 12.8 Å². The third-order valence-corrected chi connectivity index (χ3v) is 2.66. The molecular formula is C5H10Cl2N2. The molecule has 1 atom stereocenters. The molecule has 1 aliphatic carbocycles. The Kier molecular flexibility index (Phi) is 2.22. The van der Waals surface area contributed by atoms with Crippen molar-refractivity contribution in [1.29, 1.82) is 0 Å². The first-order valence-electron chi connectivity index (χ1n) is 3.02. The highest BCUT2D eigenvalue weighted by atomic mass is 35.5. The van der Waals surface area contributed by atoms with Gasteiger partial charge in [-0.1, -0.05) is 18.0 Å². The Morgan fingerprint density at radius 2 is 2.11 bits per heavy atom. The molecule has 54 valence electrons. The Bertz CT molecular complexity index is 101. The fourth-order valence-electron chi connectivity index (χ4n) is 0.906. The maximum Gasteiger partial charge on any atom is 0.159 e. The minimum atomic E-state index is -0.875. The molecule has 0 saturated heterocycles. The highest BCUT2D eigenvalue weighted by Crippen LogP contribution is 2.35. The van der Waals surface area contributed by atoms with Crippen molar-refractivity contribution in [2.45, 2.75) is 24.4 Å². The van der Waals surface area contributed by atoms with Crippen LogP contribution in [-0.2, 0) is 0 Å². The van der Waals surface area contributed by atoms with E-state index in [0.29, 0.717) is 5.92 Å². The molecule has 3 N–H and O–H groups in total. The molecule has 4 heteroatoms. The van der Waals surface area contributed by atoms with Gasteiger partial charge in [-0.2, -0.15) is 0 Å². The number of nitrogens with one attached hydrogen (secondary N) is 1. The van der Waals surface area contributed by atoms with Gasteiger partial charge in [0.15, 0.2) is 5.12 Å². The largest absolute Gasteiger partial charge is 0.299 e. The lowest BCUT2D eigenvalue weighted by Crippen LogP contribution is -2.52. The molecule has 1 rings (SSSR count). The van der Waals surface area contributed by atoms with Crippen molar-refractivity contribution in [2.75, 3.05) is 0 Å². The zero-order valence-electron chi connectivity index (χ0n) is 5.03. The van der Waals surface area contributed by atoms with Crippen LogP contribution in [0.2, 0.25) is 0 Å². The topological polar surface area (TPSA) is 38.0 Å². The number of halogens is 2. The van der Waals surface area contributed by atoms with E-state index in [-0.39, 0.29) is 0 Å². The summed E-state index contributed by atoms with van der Waals surface area (Å²) in [6.07, 6.45) is 3.38. The Balaban J connectivity index is 2.37. The minimum absolute atomic E-state index is 0.344. The van der Waals surface area contributed by atoms with Crippen LogP contribution in [0.4, 0.5) is 0 Å². The van der Waals surface area contributed by atoms with Crippen LogP contribution in [0.3, 0.4) is 0 Å². The molecule has 2 nitrogen and oxygen atoms in total. The smallest absolute Gasteiger partial charge is 0.159 e. The Hall–Kier alpha value is 0.500. The predicted molar refractivity (Wildman–Crippen MR) is 39.1 cm³/mol. The summed E-state index contributed by atoms with van der Waals surface area (Å²) >= 11 is 11.1. The van der Waals surface area contributed by atoms with Gasteiger partial charge in [-0.05, 0) is 24.6 Å². The molecule has 1 fully saturated rings. The quantitative estimate of drug-likeness (QED) is 0.283. The van der Waals surface area contributed by atoms with Gasteiger partial charge in [0.05, 0.1) is 0 Å². The normalized spacial score (nSPS) is 27.0. The van der Waals surface area contributed by atoms with Crippen molar-refractivity contribution in [3.05, 3.63) is 0 Å². The maximum absolute atomic E-state index is 5.76. The van der Waals surface area contributed by atoms with E-state index in [2.05, 4.69) is 4.84 Å². The van der Waals surface area contributed by atoms with Gasteiger partial charge >= 0.3 is 0 Å². The second-order valence-electron chi connectivity index (χ2n) is 2.49. The van der Waals surface area contributed by atoms with Crippen LogP contribution in [-0.4, -0.2) is 5.12 Å². The van der Waals surface area contributed by atoms with E-state index >= 15 is 0 Å². The highest BCUT2D eigenvalue weighted by Gasteiger charge is 2.36. The van der Waals surface area contributed by atoms with E-state index in [1.807, 2.05) is 0 Å². The second kappa shape index (κ2) is 2.62. The van der Waals surface area contributed by atoms with Crippen LogP contribution < -0.4 is 10.6 Å². The molecule has 0 aromatic rings. The van der Waals surface area contributed by atoms with Crippen LogP contribution in [0.25, 0.3) is 0 Å². The van der Waals surface area contributed by atoms with Crippen molar-refractivity contribution >= 4 is 23.4 Å². The van der Waals surface area contributed by atoms with Gasteiger partial charge in [0.1, 0.15) is 0 Å². The van der Waals surface area contributed by atoms with Crippen LogP contribution in [0, 0.1) is 5.92 Å². The van der Waals surface area contributed by atoms with Crippen LogP contribution >= 0.6 is 23.4 Å². The van der Waals surface area contributed by atoms with Crippen molar-refractivity contribution in [2.24, 2.45) is 11.7 Å². The van der Waals surface area contributed by atoms with Gasteiger partial charge in [0.25, 0.3) is 0 Å². The van der Waals surface area contributed by atoms with Gasteiger partial charge in [-0.15, -0.1) is 0 Å². The molecule has 0 radical (unpaired) electrons. The third kappa shape index (κ3) is 1.49. The fourth-order valence-corrected chi connectivity index (χ4v) is 1.28. The highest BCUT2D eigenvalue weighted by molar-refractivity contribution is 6.27. The molecule has 0 aromatic carbocycles. The van der Waals surface area contributed by atoms with Crippen molar-refractivity contribution in [1.82, 2.24) is 4.84 Å². The number of rotatable bonds is 2. The zero-order chi connectivity index (χ0) is 6.91. The predicted octanol–water partition coefficient (Wildman–Crippen LogP) is 1.38. The van der Waals surface area contributed by atoms with Crippen molar-refractivity contribution < 1.29 is 0 Å². The van der Waals surface area contributed by atoms with Crippen LogP contribution in [0.1, 0.15) is 19.3 Å². The van der Waals surface area contributed by atoms with Gasteiger partial charge in [-0.3, -0.25) is 5.73 Å². The number of nitrogens with two attached hydrogens (primary N) is 1. The molecule has 0 aliphatic heterocycles. The van der Waals surface area contributed by atoms with Gasteiger partial charge in [0.2, 0.25) is 0 Å². The summed E-state index contributed by atoms with van der Waals surface area (Å²) in [5.74, 6) is 0.344. The summed E-state index contributed by atoms with van der Waals surface area (Å²) < 4.78 is 0. The maximum atomic E-state index is 5.76. The first-order chi connectivity index (χ1) is 4.17. The lowest BCUT2D eigenvalue weighted by Gasteiger charge is -2.36. The Morgan fingerprint density at radius 3 is 2.22 bits per heavy atom. The Morgan fingerprint density at radius 1 is 1.56 bits per heavy atom. The first kappa shape index (κ1) is 7.61. The Labute approximate surface area is 64.8 Å². The molecule has 0 amide bonds. The minimum Gasteiger partial charge on any atom is -0.299 e. The van der Waals surface area contributed by atoms with Crippen molar-refractivity contribution in [3.8, 4) is 0 Å². The van der Waals surface area contributed by atoms with Gasteiger partial charge in [-0.25, -0.2) is 4.84 Å². The first-order valence-corrected chi connectivity index (χ1v) is 3.78. The van der Waals surface area contributed by atoms with E-state index in [1.54, 1.807) is 0 Å². The lowest BCUT2D eigenvalue weighted by molar-refractivity contribution is 0.224. The van der Waals surface area contributed by atoms with Crippen LogP contribution in [0.5, 0.6) is 0 Å². The molecule has 0 heterocycles. The summed E-state index contributed by atoms with van der Waals surface area (Å²) in [5.41, 5.74) is 5.54. The monoisotopic (exact) mass is 168 g/mol. The molecule has 1 aliphatic rings. The average Bonchev–Trinajstić information content (AvgIpc) is 1.60. The standard InChI is InChI=1S/C5H10Cl2N2/c6-5(8,9-7)4-2-1-3-4/h4,9H,1-3,8H2. The fraction of sp³-hybridized carbons (Fsp3) is 1.00. The van der Waals surface area contributed by atoms with E-state index < -0.39 is 5.12 Å². The summed E-state index contributed by atoms with van der Waals surface area (Å²) in [5, 5.41) is -0.875. The number of hydrogen-bond acceptors (Lipinski definition) is 2. The SMILES string of the molecule is NC(Cl)(NCl)C1CCC1. The molecule has 0 bridgehead atoms. The van der Waals surface area contributed by atoms with Crippen LogP contribution in [0.15, 0.2) is 0 Å². The van der Waals surface area contributed by atoms with E-state index in [1.165, 1.54) is 6.42 Å². The average molecular weight is 169 g/mol. The van der Waals surface area contributed by atoms with Gasteiger partial charge < -0.3 is 0 Å². The van der Waals surface area contributed by atoms with Crippen molar-refractivity contribution in [3.63, 3.8) is 0 Å². The summed E-state index contributed by atoms with van der Waals surface area (Å²) in [4.78, 5) is 2.36. The van der Waals surface area contributed by atoms with E-state index in [9.17, 15) is 0 Å². The summed E-state index contributed by atoms with van der Waals surface area (Å²) in [7, 11) is 0. The molecular weight excluding hydrogens is 159 g/mol. The molecule has 0 spiro atoms. The molecule has 0 aromatic heterocycles. The number of alkyl halides is 1. The van der Waals surface area contributed by atoms with Gasteiger partial charge in [0, 0.05) is 5.92 Å². The lowest BCUT2D eigenvalue weighted by atomic mass is 9.83. The van der Waals surface area contributed by atoms with E-state index in [4.69, 9.17) is 29.1 Å². The second-order valence-corrected chi connectivity index (χ2v) is 3.30. The summed E-state index contributed by atoms with van der Waals surface area (Å²) in [6, 6.07) is 0. The molecule has 1 saturated carbocycles. The summed E-state index contributed by atoms with van der Waals surface area (Å²) in [6.45, 7) is 0. The zero-order valence-corrected chi connectivity index (χ0v) is 6.54. The number of hydrogen-bond donors (Lipinski definition) is 2.